The summed E-state index contributed by atoms with van der Waals surface area (Å²) in [5, 5.41) is 3.91. The number of hydrogen-bond acceptors (Lipinski definition) is 4. The maximum atomic E-state index is 13.0. The predicted molar refractivity (Wildman–Crippen MR) is 127 cm³/mol. The molecule has 1 N–H and O–H groups in total. The molecule has 0 spiro atoms. The zero-order valence-corrected chi connectivity index (χ0v) is 20.2. The first-order valence-corrected chi connectivity index (χ1v) is 12.0. The molecule has 0 aliphatic heterocycles. The van der Waals surface area contributed by atoms with E-state index < -0.39 is 21.8 Å². The van der Waals surface area contributed by atoms with Gasteiger partial charge in [0.1, 0.15) is 0 Å². The minimum absolute atomic E-state index is 0.0978. The fraction of sp³-hybridized carbons (Fsp3) is 0.130. The molecule has 3 aromatic rings. The zero-order chi connectivity index (χ0) is 24.9. The lowest BCUT2D eigenvalue weighted by atomic mass is 10.1. The molecule has 0 atom stereocenters. The molecule has 3 rings (SSSR count). The van der Waals surface area contributed by atoms with E-state index in [0.29, 0.717) is 5.56 Å². The van der Waals surface area contributed by atoms with Crippen molar-refractivity contribution in [1.29, 1.82) is 0 Å². The molecular formula is C23H19BrF3N3O3S. The first-order chi connectivity index (χ1) is 16.0. The van der Waals surface area contributed by atoms with Gasteiger partial charge in [-0.25, -0.2) is 13.8 Å². The molecule has 1 amide bonds. The summed E-state index contributed by atoms with van der Waals surface area (Å²) < 4.78 is 66.2. The second kappa shape index (κ2) is 10.4. The lowest BCUT2D eigenvalue weighted by molar-refractivity contribution is -0.137. The van der Waals surface area contributed by atoms with Gasteiger partial charge < -0.3 is 0 Å². The normalized spacial score (nSPS) is 12.0. The van der Waals surface area contributed by atoms with E-state index in [1.165, 1.54) is 19.3 Å². The van der Waals surface area contributed by atoms with Crippen LogP contribution in [0.3, 0.4) is 0 Å². The molecule has 0 aromatic heterocycles. The molecule has 0 radical (unpaired) electrons. The number of alkyl halides is 3. The van der Waals surface area contributed by atoms with Gasteiger partial charge in [-0.05, 0) is 48.0 Å². The van der Waals surface area contributed by atoms with E-state index in [9.17, 15) is 26.4 Å². The molecule has 0 aliphatic rings. The molecule has 0 saturated carbocycles. The summed E-state index contributed by atoms with van der Waals surface area (Å²) in [6.07, 6.45) is -3.17. The molecule has 0 heterocycles. The van der Waals surface area contributed by atoms with Crippen molar-refractivity contribution < 1.29 is 26.4 Å². The van der Waals surface area contributed by atoms with E-state index in [2.05, 4.69) is 26.5 Å². The van der Waals surface area contributed by atoms with Crippen LogP contribution in [-0.4, -0.2) is 27.6 Å². The number of para-hydroxylation sites is 1. The third kappa shape index (κ3) is 6.23. The van der Waals surface area contributed by atoms with Gasteiger partial charge in [0.2, 0.25) is 5.91 Å². The van der Waals surface area contributed by atoms with Crippen molar-refractivity contribution in [2.45, 2.75) is 17.5 Å². The van der Waals surface area contributed by atoms with Crippen LogP contribution in [0.2, 0.25) is 0 Å². The maximum Gasteiger partial charge on any atom is 0.416 e. The molecule has 34 heavy (non-hydrogen) atoms. The molecule has 178 valence electrons. The number of hydrazone groups is 1. The molecule has 0 saturated heterocycles. The number of nitrogens with zero attached hydrogens (tertiary/aromatic N) is 2. The van der Waals surface area contributed by atoms with Crippen LogP contribution < -0.4 is 9.73 Å². The highest BCUT2D eigenvalue weighted by molar-refractivity contribution is 9.10. The lowest BCUT2D eigenvalue weighted by Gasteiger charge is -2.21. The molecule has 3 aromatic carbocycles. The Labute approximate surface area is 203 Å². The average molecular weight is 554 g/mol. The third-order valence-corrected chi connectivity index (χ3v) is 7.04. The Kier molecular flexibility index (Phi) is 7.78. The summed E-state index contributed by atoms with van der Waals surface area (Å²) in [6, 6.07) is 16.9. The highest BCUT2D eigenvalue weighted by atomic mass is 79.9. The van der Waals surface area contributed by atoms with Crippen molar-refractivity contribution in [2.24, 2.45) is 5.10 Å². The third-order valence-electron chi connectivity index (χ3n) is 4.76. The van der Waals surface area contributed by atoms with Crippen LogP contribution in [0, 0.1) is 0 Å². The fourth-order valence-corrected chi connectivity index (χ4v) is 4.70. The van der Waals surface area contributed by atoms with Crippen molar-refractivity contribution in [1.82, 2.24) is 5.43 Å². The van der Waals surface area contributed by atoms with Crippen LogP contribution in [0.25, 0.3) is 0 Å². The van der Waals surface area contributed by atoms with Crippen LogP contribution >= 0.6 is 15.9 Å². The van der Waals surface area contributed by atoms with E-state index in [1.807, 2.05) is 6.07 Å². The highest BCUT2D eigenvalue weighted by Gasteiger charge is 2.31. The number of nitrogens with one attached hydrogen (secondary N) is 1. The number of amides is 1. The van der Waals surface area contributed by atoms with E-state index in [4.69, 9.17) is 0 Å². The maximum absolute atomic E-state index is 13.0. The molecular weight excluding hydrogens is 535 g/mol. The Balaban J connectivity index is 1.76. The number of halogens is 4. The smallest absolute Gasteiger partial charge is 0.273 e. The first-order valence-electron chi connectivity index (χ1n) is 9.80. The second-order valence-electron chi connectivity index (χ2n) is 7.15. The molecule has 11 heteroatoms. The summed E-state index contributed by atoms with van der Waals surface area (Å²) in [4.78, 5) is 11.9. The minimum atomic E-state index is -4.57. The number of rotatable bonds is 7. The molecule has 0 unspecified atom stereocenters. The Morgan fingerprint density at radius 1 is 1.06 bits per heavy atom. The lowest BCUT2D eigenvalue weighted by Crippen LogP contribution is -2.27. The standard InChI is InChI=1S/C23H19BrF3N3O3S/c1-30(34(32,33)20-11-9-18(10-12-20)23(25,26)27)21-8-3-2-6-17(21)15-28-29-22(31)14-16-5-4-7-19(24)13-16/h2-13,15H,14H2,1H3,(H,29,31)/b28-15+. The predicted octanol–water partition coefficient (Wildman–Crippen LogP) is 4.99. The van der Waals surface area contributed by atoms with Gasteiger partial charge in [-0.15, -0.1) is 0 Å². The quantitative estimate of drug-likeness (QED) is 0.331. The highest BCUT2D eigenvalue weighted by Crippen LogP contribution is 2.31. The van der Waals surface area contributed by atoms with Gasteiger partial charge in [0.15, 0.2) is 0 Å². The number of anilines is 1. The van der Waals surface area contributed by atoms with Gasteiger partial charge in [-0.2, -0.15) is 18.3 Å². The summed E-state index contributed by atoms with van der Waals surface area (Å²) in [7, 11) is -2.87. The summed E-state index contributed by atoms with van der Waals surface area (Å²) in [5.41, 5.74) is 2.84. The van der Waals surface area contributed by atoms with Crippen LogP contribution in [-0.2, 0) is 27.4 Å². The Hall–Kier alpha value is -3.18. The number of benzene rings is 3. The van der Waals surface area contributed by atoms with E-state index >= 15 is 0 Å². The Morgan fingerprint density at radius 2 is 1.74 bits per heavy atom. The molecule has 0 fully saturated rings. The van der Waals surface area contributed by atoms with Crippen LogP contribution in [0.5, 0.6) is 0 Å². The van der Waals surface area contributed by atoms with Crippen molar-refractivity contribution in [3.05, 3.63) is 94.0 Å². The number of sulfonamides is 1. The summed E-state index contributed by atoms with van der Waals surface area (Å²) in [5.74, 6) is -0.363. The Morgan fingerprint density at radius 3 is 2.38 bits per heavy atom. The topological polar surface area (TPSA) is 78.8 Å². The monoisotopic (exact) mass is 553 g/mol. The van der Waals surface area contributed by atoms with Crippen LogP contribution in [0.1, 0.15) is 16.7 Å². The molecule has 6 nitrogen and oxygen atoms in total. The van der Waals surface area contributed by atoms with Gasteiger partial charge in [0, 0.05) is 17.1 Å². The fourth-order valence-electron chi connectivity index (χ4n) is 3.03. The van der Waals surface area contributed by atoms with Gasteiger partial charge in [0.05, 0.1) is 28.8 Å². The first kappa shape index (κ1) is 25.4. The van der Waals surface area contributed by atoms with Crippen LogP contribution in [0.15, 0.2) is 87.3 Å². The van der Waals surface area contributed by atoms with E-state index in [1.54, 1.807) is 36.4 Å². The minimum Gasteiger partial charge on any atom is -0.273 e. The number of carbonyl (C=O) groups excluding carboxylic acids is 1. The van der Waals surface area contributed by atoms with Crippen molar-refractivity contribution in [3.8, 4) is 0 Å². The van der Waals surface area contributed by atoms with Crippen molar-refractivity contribution in [3.63, 3.8) is 0 Å². The van der Waals surface area contributed by atoms with Crippen molar-refractivity contribution >= 4 is 43.8 Å². The number of hydrogen-bond donors (Lipinski definition) is 1. The second-order valence-corrected chi connectivity index (χ2v) is 10.0. The SMILES string of the molecule is CN(c1ccccc1/C=N/NC(=O)Cc1cccc(Br)c1)S(=O)(=O)c1ccc(C(F)(F)F)cc1. The van der Waals surface area contributed by atoms with Gasteiger partial charge in [-0.3, -0.25) is 9.10 Å². The van der Waals surface area contributed by atoms with E-state index in [-0.39, 0.29) is 22.9 Å². The van der Waals surface area contributed by atoms with Crippen LogP contribution in [0.4, 0.5) is 18.9 Å². The van der Waals surface area contributed by atoms with E-state index in [0.717, 1.165) is 38.6 Å². The zero-order valence-electron chi connectivity index (χ0n) is 17.8. The summed E-state index contributed by atoms with van der Waals surface area (Å²) >= 11 is 3.34. The number of carbonyl (C=O) groups is 1. The molecule has 0 bridgehead atoms. The van der Waals surface area contributed by atoms with Gasteiger partial charge >= 0.3 is 6.18 Å². The van der Waals surface area contributed by atoms with Gasteiger partial charge in [-0.1, -0.05) is 46.3 Å². The summed E-state index contributed by atoms with van der Waals surface area (Å²) in [6.45, 7) is 0. The van der Waals surface area contributed by atoms with Crippen molar-refractivity contribution in [2.75, 3.05) is 11.4 Å². The average Bonchev–Trinajstić information content (AvgIpc) is 2.78. The Bertz CT molecular complexity index is 1310. The van der Waals surface area contributed by atoms with Gasteiger partial charge in [0.25, 0.3) is 10.0 Å². The molecule has 0 aliphatic carbocycles. The largest absolute Gasteiger partial charge is 0.416 e.